The molecule has 0 radical (unpaired) electrons. The van der Waals surface area contributed by atoms with Gasteiger partial charge in [-0.25, -0.2) is 4.39 Å². The number of hydrogen-bond donors (Lipinski definition) is 3. The van der Waals surface area contributed by atoms with Crippen LogP contribution in [0.25, 0.3) is 0 Å². The van der Waals surface area contributed by atoms with Crippen molar-refractivity contribution in [2.45, 2.75) is 6.42 Å². The highest BCUT2D eigenvalue weighted by Gasteiger charge is 2.15. The van der Waals surface area contributed by atoms with Crippen LogP contribution in [0.1, 0.15) is 5.56 Å². The predicted octanol–water partition coefficient (Wildman–Crippen LogP) is 0.474. The second kappa shape index (κ2) is 11.4. The van der Waals surface area contributed by atoms with Gasteiger partial charge in [0, 0.05) is 31.0 Å². The van der Waals surface area contributed by atoms with E-state index >= 15 is 0 Å². The number of hydrogen-bond acceptors (Lipinski definition) is 4. The van der Waals surface area contributed by atoms with E-state index in [0.29, 0.717) is 13.0 Å². The fourth-order valence-electron chi connectivity index (χ4n) is 3.45. The summed E-state index contributed by atoms with van der Waals surface area (Å²) in [5.74, 6) is -0.539. The quantitative estimate of drug-likeness (QED) is 0.542. The standard InChI is InChI=1S/C23H29FN4O3/c1-27(16-22(29)25-11-10-18-2-4-19(24)5-3-18)17-23(30)26-20-6-8-21(9-7-20)28-12-14-31-15-13-28/h2-9H,10-17H2,1H3,(H,25,29)(H,26,30)/p+1. The smallest absolute Gasteiger partial charge is 0.279 e. The fourth-order valence-corrected chi connectivity index (χ4v) is 3.45. The Morgan fingerprint density at radius 1 is 1.00 bits per heavy atom. The molecule has 2 amide bonds. The van der Waals surface area contributed by atoms with E-state index in [1.165, 1.54) is 12.1 Å². The Balaban J connectivity index is 1.35. The molecule has 1 aliphatic rings. The van der Waals surface area contributed by atoms with Crippen LogP contribution in [0.2, 0.25) is 0 Å². The van der Waals surface area contributed by atoms with Gasteiger partial charge in [-0.05, 0) is 48.4 Å². The first-order chi connectivity index (χ1) is 15.0. The molecule has 1 heterocycles. The van der Waals surface area contributed by atoms with E-state index in [0.717, 1.165) is 48.1 Å². The van der Waals surface area contributed by atoms with Gasteiger partial charge >= 0.3 is 0 Å². The maximum absolute atomic E-state index is 12.9. The van der Waals surface area contributed by atoms with E-state index in [2.05, 4.69) is 15.5 Å². The lowest BCUT2D eigenvalue weighted by atomic mass is 10.1. The monoisotopic (exact) mass is 429 g/mol. The van der Waals surface area contributed by atoms with Gasteiger partial charge in [-0.2, -0.15) is 0 Å². The Morgan fingerprint density at radius 3 is 2.32 bits per heavy atom. The van der Waals surface area contributed by atoms with Crippen LogP contribution in [0.15, 0.2) is 48.5 Å². The largest absolute Gasteiger partial charge is 0.378 e. The third-order valence-corrected chi connectivity index (χ3v) is 5.10. The van der Waals surface area contributed by atoms with Crippen molar-refractivity contribution < 1.29 is 23.6 Å². The number of carbonyl (C=O) groups is 2. The highest BCUT2D eigenvalue weighted by Crippen LogP contribution is 2.18. The number of benzene rings is 2. The van der Waals surface area contributed by atoms with Crippen molar-refractivity contribution in [3.8, 4) is 0 Å². The molecular weight excluding hydrogens is 399 g/mol. The summed E-state index contributed by atoms with van der Waals surface area (Å²) in [6.45, 7) is 4.06. The molecule has 3 N–H and O–H groups in total. The molecule has 2 aromatic rings. The number of ether oxygens (including phenoxy) is 1. The fraction of sp³-hybridized carbons (Fsp3) is 0.391. The van der Waals surface area contributed by atoms with Gasteiger partial charge in [-0.3, -0.25) is 9.59 Å². The Hall–Kier alpha value is -2.97. The predicted molar refractivity (Wildman–Crippen MR) is 118 cm³/mol. The van der Waals surface area contributed by atoms with E-state index in [1.807, 2.05) is 24.3 Å². The van der Waals surface area contributed by atoms with E-state index in [-0.39, 0.29) is 30.7 Å². The molecule has 1 unspecified atom stereocenters. The third-order valence-electron chi connectivity index (χ3n) is 5.10. The van der Waals surface area contributed by atoms with Gasteiger partial charge in [0.05, 0.1) is 20.3 Å². The summed E-state index contributed by atoms with van der Waals surface area (Å²) < 4.78 is 18.3. The van der Waals surface area contributed by atoms with Crippen molar-refractivity contribution in [3.05, 3.63) is 59.9 Å². The van der Waals surface area contributed by atoms with Crippen molar-refractivity contribution >= 4 is 23.2 Å². The normalized spacial score (nSPS) is 14.7. The number of morpholine rings is 1. The number of likely N-dealkylation sites (N-methyl/N-ethyl adjacent to an activating group) is 1. The van der Waals surface area contributed by atoms with E-state index < -0.39 is 0 Å². The number of nitrogens with one attached hydrogen (secondary N) is 3. The molecule has 0 aromatic heterocycles. The minimum Gasteiger partial charge on any atom is -0.378 e. The van der Waals surface area contributed by atoms with Gasteiger partial charge in [-0.15, -0.1) is 0 Å². The van der Waals surface area contributed by atoms with Crippen LogP contribution in [0.5, 0.6) is 0 Å². The van der Waals surface area contributed by atoms with Gasteiger partial charge in [0.25, 0.3) is 11.8 Å². The van der Waals surface area contributed by atoms with Gasteiger partial charge in [0.1, 0.15) is 5.82 Å². The zero-order valence-electron chi connectivity index (χ0n) is 17.8. The average molecular weight is 430 g/mol. The van der Waals surface area contributed by atoms with E-state index in [4.69, 9.17) is 4.74 Å². The van der Waals surface area contributed by atoms with Gasteiger partial charge in [-0.1, -0.05) is 12.1 Å². The lowest BCUT2D eigenvalue weighted by Gasteiger charge is -2.28. The van der Waals surface area contributed by atoms with Crippen LogP contribution in [-0.2, 0) is 20.7 Å². The number of rotatable bonds is 9. The molecule has 1 fully saturated rings. The number of anilines is 2. The molecule has 0 aliphatic carbocycles. The SMILES string of the molecule is C[NH+](CC(=O)NCCc1ccc(F)cc1)CC(=O)Nc1ccc(N2CCOCC2)cc1. The van der Waals surface area contributed by atoms with Gasteiger partial charge in [0.2, 0.25) is 0 Å². The Kier molecular flexibility index (Phi) is 8.37. The van der Waals surface area contributed by atoms with Crippen LogP contribution >= 0.6 is 0 Å². The molecule has 166 valence electrons. The van der Waals surface area contributed by atoms with Crippen LogP contribution in [0.3, 0.4) is 0 Å². The summed E-state index contributed by atoms with van der Waals surface area (Å²) >= 11 is 0. The minimum atomic E-state index is -0.274. The molecule has 0 spiro atoms. The summed E-state index contributed by atoms with van der Waals surface area (Å²) in [5.41, 5.74) is 2.81. The minimum absolute atomic E-state index is 0.123. The summed E-state index contributed by atoms with van der Waals surface area (Å²) in [4.78, 5) is 27.4. The van der Waals surface area contributed by atoms with E-state index in [9.17, 15) is 14.0 Å². The summed E-state index contributed by atoms with van der Waals surface area (Å²) in [6, 6.07) is 14.0. The van der Waals surface area contributed by atoms with Crippen LogP contribution in [0.4, 0.5) is 15.8 Å². The number of nitrogens with zero attached hydrogens (tertiary/aromatic N) is 1. The molecular formula is C23H30FN4O3+. The number of halogens is 1. The van der Waals surface area contributed by atoms with E-state index in [1.54, 1.807) is 19.2 Å². The second-order valence-electron chi connectivity index (χ2n) is 7.73. The summed E-state index contributed by atoms with van der Waals surface area (Å²) in [7, 11) is 1.81. The highest BCUT2D eigenvalue weighted by molar-refractivity contribution is 5.91. The Labute approximate surface area is 182 Å². The maximum Gasteiger partial charge on any atom is 0.279 e. The third kappa shape index (κ3) is 7.66. The second-order valence-corrected chi connectivity index (χ2v) is 7.73. The first kappa shape index (κ1) is 22.7. The molecule has 3 rings (SSSR count). The van der Waals surface area contributed by atoms with Crippen molar-refractivity contribution in [1.29, 1.82) is 0 Å². The molecule has 1 atom stereocenters. The van der Waals surface area contributed by atoms with Gasteiger partial charge in [0.15, 0.2) is 13.1 Å². The Morgan fingerprint density at radius 2 is 1.65 bits per heavy atom. The molecule has 7 nitrogen and oxygen atoms in total. The van der Waals surface area contributed by atoms with Crippen LogP contribution in [-0.4, -0.2) is 64.8 Å². The number of amides is 2. The summed E-state index contributed by atoms with van der Waals surface area (Å²) in [5, 5.41) is 5.72. The molecule has 0 saturated carbocycles. The number of quaternary nitrogens is 1. The molecule has 1 saturated heterocycles. The van der Waals surface area contributed by atoms with Crippen LogP contribution < -0.4 is 20.4 Å². The van der Waals surface area contributed by atoms with Gasteiger partial charge < -0.3 is 25.2 Å². The van der Waals surface area contributed by atoms with Crippen molar-refractivity contribution in [1.82, 2.24) is 5.32 Å². The average Bonchev–Trinajstić information content (AvgIpc) is 2.76. The molecule has 1 aliphatic heterocycles. The maximum atomic E-state index is 12.9. The molecule has 2 aromatic carbocycles. The summed E-state index contributed by atoms with van der Waals surface area (Å²) in [6.07, 6.45) is 0.631. The molecule has 0 bridgehead atoms. The topological polar surface area (TPSA) is 75.1 Å². The van der Waals surface area contributed by atoms with Crippen LogP contribution in [0, 0.1) is 5.82 Å². The molecule has 8 heteroatoms. The first-order valence-corrected chi connectivity index (χ1v) is 10.5. The number of carbonyl (C=O) groups excluding carboxylic acids is 2. The first-order valence-electron chi connectivity index (χ1n) is 10.5. The zero-order valence-corrected chi connectivity index (χ0v) is 17.8. The lowest BCUT2D eigenvalue weighted by Crippen LogP contribution is -3.11. The lowest BCUT2D eigenvalue weighted by molar-refractivity contribution is -0.862. The van der Waals surface area contributed by atoms with Crippen molar-refractivity contribution in [3.63, 3.8) is 0 Å². The Bertz CT molecular complexity index is 852. The highest BCUT2D eigenvalue weighted by atomic mass is 19.1. The van der Waals surface area contributed by atoms with Crippen molar-refractivity contribution in [2.24, 2.45) is 0 Å². The van der Waals surface area contributed by atoms with Crippen molar-refractivity contribution in [2.75, 3.05) is 63.2 Å². The molecule has 31 heavy (non-hydrogen) atoms. The zero-order chi connectivity index (χ0) is 22.1.